The van der Waals surface area contributed by atoms with Gasteiger partial charge in [-0.25, -0.2) is 9.13 Å². The van der Waals surface area contributed by atoms with Crippen LogP contribution in [-0.2, 0) is 36.3 Å². The quantitative estimate of drug-likeness (QED) is 0.297. The first-order chi connectivity index (χ1) is 15.3. The summed E-state index contributed by atoms with van der Waals surface area (Å²) in [5.74, 6) is 0.783. The highest BCUT2D eigenvalue weighted by molar-refractivity contribution is 7.48. The molecular weight excluding hydrogens is 454 g/mol. The Hall–Kier alpha value is -1.40. The molecule has 0 spiro atoms. The lowest BCUT2D eigenvalue weighted by Crippen LogP contribution is -2.07. The molecule has 178 valence electrons. The van der Waals surface area contributed by atoms with Crippen molar-refractivity contribution in [1.29, 1.82) is 0 Å². The summed E-state index contributed by atoms with van der Waals surface area (Å²) in [6.45, 7) is 7.79. The predicted octanol–water partition coefficient (Wildman–Crippen LogP) is 6.82. The third kappa shape index (κ3) is 6.13. The number of allylic oxidation sites excluding steroid dienone is 4. The maximum absolute atomic E-state index is 13.0. The van der Waals surface area contributed by atoms with Crippen LogP contribution in [0.1, 0.15) is 63.5 Å². The minimum absolute atomic E-state index is 0.145. The molecule has 2 unspecified atom stereocenters. The molecule has 0 saturated heterocycles. The van der Waals surface area contributed by atoms with Gasteiger partial charge in [0.25, 0.3) is 0 Å². The van der Waals surface area contributed by atoms with Crippen LogP contribution in [0.15, 0.2) is 47.9 Å². The molecule has 0 radical (unpaired) electrons. The molecule has 0 heterocycles. The Labute approximate surface area is 190 Å². The zero-order chi connectivity index (χ0) is 23.2. The molecule has 0 aliphatic heterocycles. The van der Waals surface area contributed by atoms with Gasteiger partial charge in [0, 0.05) is 24.7 Å². The second-order valence-electron chi connectivity index (χ2n) is 7.26. The Balaban J connectivity index is 1.92. The first-order valence-electron chi connectivity index (χ1n) is 11.0. The van der Waals surface area contributed by atoms with Crippen LogP contribution in [0.4, 0.5) is 0 Å². The highest BCUT2D eigenvalue weighted by Gasteiger charge is 2.36. The van der Waals surface area contributed by atoms with Gasteiger partial charge in [-0.05, 0) is 51.0 Å². The number of rotatable bonds is 12. The fourth-order valence-electron chi connectivity index (χ4n) is 3.96. The van der Waals surface area contributed by atoms with E-state index in [1.807, 2.05) is 24.3 Å². The summed E-state index contributed by atoms with van der Waals surface area (Å²) in [5.41, 5.74) is 2.22. The van der Waals surface area contributed by atoms with Gasteiger partial charge in [-0.3, -0.25) is 18.1 Å². The molecule has 8 nitrogen and oxygen atoms in total. The molecule has 2 aliphatic carbocycles. The molecule has 2 bridgehead atoms. The predicted molar refractivity (Wildman–Crippen MR) is 121 cm³/mol. The first kappa shape index (κ1) is 25.2. The summed E-state index contributed by atoms with van der Waals surface area (Å²) in [5, 5.41) is 0. The monoisotopic (exact) mass is 486 g/mol. The van der Waals surface area contributed by atoms with E-state index in [4.69, 9.17) is 27.1 Å². The van der Waals surface area contributed by atoms with Crippen LogP contribution < -0.4 is 0 Å². The Morgan fingerprint density at radius 1 is 0.688 bits per heavy atom. The second-order valence-corrected chi connectivity index (χ2v) is 10.5. The van der Waals surface area contributed by atoms with Gasteiger partial charge in [0.15, 0.2) is 0 Å². The maximum Gasteiger partial charge on any atom is 0.529 e. The van der Waals surface area contributed by atoms with Crippen molar-refractivity contribution in [3.05, 3.63) is 59.1 Å². The smallest absolute Gasteiger partial charge is 0.409 e. The molecule has 0 amide bonds. The topological polar surface area (TPSA) is 89.5 Å². The number of hydrogen-bond donors (Lipinski definition) is 0. The van der Waals surface area contributed by atoms with Crippen LogP contribution in [-0.4, -0.2) is 26.4 Å². The van der Waals surface area contributed by atoms with Crippen molar-refractivity contribution in [2.75, 3.05) is 26.4 Å². The average molecular weight is 486 g/mol. The van der Waals surface area contributed by atoms with E-state index >= 15 is 0 Å². The molecule has 3 rings (SSSR count). The summed E-state index contributed by atoms with van der Waals surface area (Å²) in [6, 6.07) is 8.06. The van der Waals surface area contributed by atoms with Crippen LogP contribution in [0.5, 0.6) is 0 Å². The van der Waals surface area contributed by atoms with E-state index in [1.165, 1.54) is 0 Å². The number of phosphoric acid groups is 2. The third-order valence-corrected chi connectivity index (χ3v) is 8.23. The molecular formula is C22H32O8P2. The maximum atomic E-state index is 13.0. The number of hydrogen-bond acceptors (Lipinski definition) is 8. The molecule has 1 aromatic rings. The van der Waals surface area contributed by atoms with E-state index in [0.717, 1.165) is 11.1 Å². The molecule has 2 atom stereocenters. The van der Waals surface area contributed by atoms with Crippen LogP contribution >= 0.6 is 15.6 Å². The third-order valence-electron chi connectivity index (χ3n) is 5.02. The molecule has 0 aromatic heterocycles. The fourth-order valence-corrected chi connectivity index (χ4v) is 6.43. The van der Waals surface area contributed by atoms with E-state index in [2.05, 4.69) is 12.1 Å². The van der Waals surface area contributed by atoms with Gasteiger partial charge in [-0.1, -0.05) is 24.3 Å². The zero-order valence-corrected chi connectivity index (χ0v) is 20.8. The zero-order valence-electron chi connectivity index (χ0n) is 19.0. The molecule has 0 saturated carbocycles. The second kappa shape index (κ2) is 11.1. The lowest BCUT2D eigenvalue weighted by atomic mass is 9.90. The summed E-state index contributed by atoms with van der Waals surface area (Å²) in [6.07, 6.45) is 4.70. The fraction of sp³-hybridized carbons (Fsp3) is 0.545. The normalized spacial score (nSPS) is 20.6. The lowest BCUT2D eigenvalue weighted by molar-refractivity contribution is 0.140. The Morgan fingerprint density at radius 2 is 1.03 bits per heavy atom. The summed E-state index contributed by atoms with van der Waals surface area (Å²) >= 11 is 0. The van der Waals surface area contributed by atoms with Crippen LogP contribution in [0.3, 0.4) is 0 Å². The molecule has 2 aliphatic rings. The van der Waals surface area contributed by atoms with E-state index in [-0.39, 0.29) is 38.3 Å². The van der Waals surface area contributed by atoms with Crippen LogP contribution in [0.2, 0.25) is 0 Å². The Morgan fingerprint density at radius 3 is 1.34 bits per heavy atom. The minimum Gasteiger partial charge on any atom is -0.409 e. The SMILES string of the molecule is CCOP(=O)(OCC)OC1=CC2CC(OP(=O)(OCC)OCC)=CC(C1)c1ccccc12. The van der Waals surface area contributed by atoms with E-state index in [1.54, 1.807) is 27.7 Å². The highest BCUT2D eigenvalue weighted by Crippen LogP contribution is 2.56. The number of phosphoric ester groups is 2. The summed E-state index contributed by atoms with van der Waals surface area (Å²) < 4.78 is 58.8. The first-order valence-corrected chi connectivity index (χ1v) is 13.9. The van der Waals surface area contributed by atoms with Gasteiger partial charge in [0.05, 0.1) is 26.4 Å². The Kier molecular flexibility index (Phi) is 8.79. The van der Waals surface area contributed by atoms with E-state index in [9.17, 15) is 9.13 Å². The van der Waals surface area contributed by atoms with Crippen molar-refractivity contribution in [1.82, 2.24) is 0 Å². The average Bonchev–Trinajstić information content (AvgIpc) is 2.93. The van der Waals surface area contributed by atoms with E-state index < -0.39 is 15.6 Å². The van der Waals surface area contributed by atoms with Crippen molar-refractivity contribution in [3.8, 4) is 0 Å². The van der Waals surface area contributed by atoms with Gasteiger partial charge >= 0.3 is 15.6 Å². The van der Waals surface area contributed by atoms with E-state index in [0.29, 0.717) is 24.4 Å². The van der Waals surface area contributed by atoms with Crippen LogP contribution in [0.25, 0.3) is 0 Å². The van der Waals surface area contributed by atoms with Crippen molar-refractivity contribution in [2.45, 2.75) is 52.4 Å². The van der Waals surface area contributed by atoms with Gasteiger partial charge in [0.2, 0.25) is 0 Å². The standard InChI is InChI=1S/C22H32O8P2/c1-5-25-31(23,26-6-2)29-19-13-17-15-20(30-32(24,27-7-3)28-8-4)16-18(14-19)22-12-10-9-11-21(17)22/h9-13,16-18H,5-8,14-15H2,1-4H3. The molecule has 10 heteroatoms. The van der Waals surface area contributed by atoms with Gasteiger partial charge < -0.3 is 9.05 Å². The van der Waals surface area contributed by atoms with Crippen molar-refractivity contribution in [2.24, 2.45) is 0 Å². The largest absolute Gasteiger partial charge is 0.529 e. The van der Waals surface area contributed by atoms with Gasteiger partial charge in [-0.2, -0.15) is 0 Å². The lowest BCUT2D eigenvalue weighted by Gasteiger charge is -2.24. The molecule has 0 N–H and O–H groups in total. The van der Waals surface area contributed by atoms with Gasteiger partial charge in [-0.15, -0.1) is 0 Å². The minimum atomic E-state index is -3.71. The summed E-state index contributed by atoms with van der Waals surface area (Å²) in [7, 11) is -7.43. The summed E-state index contributed by atoms with van der Waals surface area (Å²) in [4.78, 5) is 0. The molecule has 0 fully saturated rings. The van der Waals surface area contributed by atoms with Crippen molar-refractivity contribution < 1.29 is 36.3 Å². The highest BCUT2D eigenvalue weighted by atomic mass is 31.2. The van der Waals surface area contributed by atoms with Crippen molar-refractivity contribution in [3.63, 3.8) is 0 Å². The van der Waals surface area contributed by atoms with Crippen LogP contribution in [0, 0.1) is 0 Å². The Bertz CT molecular complexity index is 847. The van der Waals surface area contributed by atoms with Gasteiger partial charge in [0.1, 0.15) is 11.5 Å². The number of benzene rings is 1. The van der Waals surface area contributed by atoms with Crippen molar-refractivity contribution >= 4 is 15.6 Å². The molecule has 1 aromatic carbocycles. The molecule has 32 heavy (non-hydrogen) atoms.